The summed E-state index contributed by atoms with van der Waals surface area (Å²) in [5.41, 5.74) is 0.989. The van der Waals surface area contributed by atoms with E-state index in [0.717, 1.165) is 44.2 Å². The maximum Gasteiger partial charge on any atom is 0.225 e. The van der Waals surface area contributed by atoms with Gasteiger partial charge in [0.1, 0.15) is 5.75 Å². The molecule has 7 heteroatoms. The van der Waals surface area contributed by atoms with Crippen LogP contribution in [0.3, 0.4) is 0 Å². The lowest BCUT2D eigenvalue weighted by molar-refractivity contribution is -0.129. The lowest BCUT2D eigenvalue weighted by Gasteiger charge is -2.28. The van der Waals surface area contributed by atoms with Crippen LogP contribution in [0.1, 0.15) is 18.9 Å². The van der Waals surface area contributed by atoms with Crippen molar-refractivity contribution >= 4 is 11.8 Å². The SMILES string of the molecule is CCOc1cccc(CNC(=O)C2CC(=O)N(CCN3CCOCC3)C2)c1. The molecular weight excluding hydrogens is 346 g/mol. The first kappa shape index (κ1) is 19.6. The highest BCUT2D eigenvalue weighted by atomic mass is 16.5. The summed E-state index contributed by atoms with van der Waals surface area (Å²) < 4.78 is 10.8. The number of amides is 2. The third kappa shape index (κ3) is 5.68. The quantitative estimate of drug-likeness (QED) is 0.731. The zero-order valence-electron chi connectivity index (χ0n) is 16.0. The number of likely N-dealkylation sites (tertiary alicyclic amines) is 1. The second-order valence-corrected chi connectivity index (χ2v) is 6.99. The Balaban J connectivity index is 1.43. The van der Waals surface area contributed by atoms with Gasteiger partial charge >= 0.3 is 0 Å². The Kier molecular flexibility index (Phi) is 7.06. The molecule has 1 unspecified atom stereocenters. The van der Waals surface area contributed by atoms with E-state index in [1.165, 1.54) is 0 Å². The maximum absolute atomic E-state index is 12.5. The van der Waals surface area contributed by atoms with E-state index in [0.29, 0.717) is 32.7 Å². The number of morpholine rings is 1. The smallest absolute Gasteiger partial charge is 0.225 e. The van der Waals surface area contributed by atoms with Gasteiger partial charge in [-0.05, 0) is 24.6 Å². The Morgan fingerprint density at radius 2 is 2.11 bits per heavy atom. The predicted octanol–water partition coefficient (Wildman–Crippen LogP) is 0.882. The molecular formula is C20H29N3O4. The van der Waals surface area contributed by atoms with Crippen LogP contribution in [0.2, 0.25) is 0 Å². The summed E-state index contributed by atoms with van der Waals surface area (Å²) in [6.45, 7) is 8.35. The molecule has 1 aromatic carbocycles. The number of carbonyl (C=O) groups excluding carboxylic acids is 2. The zero-order valence-corrected chi connectivity index (χ0v) is 16.0. The van der Waals surface area contributed by atoms with Crippen molar-refractivity contribution in [3.63, 3.8) is 0 Å². The molecule has 3 rings (SSSR count). The van der Waals surface area contributed by atoms with Gasteiger partial charge in [-0.2, -0.15) is 0 Å². The molecule has 0 aliphatic carbocycles. The number of nitrogens with zero attached hydrogens (tertiary/aromatic N) is 2. The summed E-state index contributed by atoms with van der Waals surface area (Å²) in [6, 6.07) is 7.70. The number of ether oxygens (including phenoxy) is 2. The number of rotatable bonds is 8. The fourth-order valence-corrected chi connectivity index (χ4v) is 3.50. The summed E-state index contributed by atoms with van der Waals surface area (Å²) in [5.74, 6) is 0.549. The van der Waals surface area contributed by atoms with E-state index in [1.807, 2.05) is 36.1 Å². The third-order valence-corrected chi connectivity index (χ3v) is 5.05. The molecule has 2 aliphatic rings. The van der Waals surface area contributed by atoms with Gasteiger partial charge in [-0.1, -0.05) is 12.1 Å². The van der Waals surface area contributed by atoms with Crippen LogP contribution >= 0.6 is 0 Å². The lowest BCUT2D eigenvalue weighted by atomic mass is 10.1. The van der Waals surface area contributed by atoms with E-state index in [-0.39, 0.29) is 17.7 Å². The molecule has 0 bridgehead atoms. The van der Waals surface area contributed by atoms with Gasteiger partial charge in [0, 0.05) is 45.7 Å². The van der Waals surface area contributed by atoms with Gasteiger partial charge < -0.3 is 19.7 Å². The Hall–Kier alpha value is -2.12. The lowest BCUT2D eigenvalue weighted by Crippen LogP contribution is -2.42. The molecule has 2 saturated heterocycles. The number of carbonyl (C=O) groups is 2. The van der Waals surface area contributed by atoms with Crippen molar-refractivity contribution in [2.24, 2.45) is 5.92 Å². The van der Waals surface area contributed by atoms with Crippen LogP contribution in [0.25, 0.3) is 0 Å². The first-order valence-corrected chi connectivity index (χ1v) is 9.73. The van der Waals surface area contributed by atoms with Crippen LogP contribution in [0.5, 0.6) is 5.75 Å². The average Bonchev–Trinajstić information content (AvgIpc) is 3.07. The molecule has 1 aromatic rings. The Morgan fingerprint density at radius 3 is 2.89 bits per heavy atom. The molecule has 2 amide bonds. The van der Waals surface area contributed by atoms with Crippen molar-refractivity contribution in [3.05, 3.63) is 29.8 Å². The fourth-order valence-electron chi connectivity index (χ4n) is 3.50. The van der Waals surface area contributed by atoms with E-state index in [9.17, 15) is 9.59 Å². The summed E-state index contributed by atoms with van der Waals surface area (Å²) in [6.07, 6.45) is 0.300. The van der Waals surface area contributed by atoms with E-state index in [2.05, 4.69) is 10.2 Å². The third-order valence-electron chi connectivity index (χ3n) is 5.05. The van der Waals surface area contributed by atoms with Crippen molar-refractivity contribution in [1.82, 2.24) is 15.1 Å². The summed E-state index contributed by atoms with van der Waals surface area (Å²) in [4.78, 5) is 28.8. The van der Waals surface area contributed by atoms with Crippen LogP contribution in [-0.4, -0.2) is 74.2 Å². The maximum atomic E-state index is 12.5. The van der Waals surface area contributed by atoms with Gasteiger partial charge in [-0.15, -0.1) is 0 Å². The highest BCUT2D eigenvalue weighted by Crippen LogP contribution is 2.19. The Morgan fingerprint density at radius 1 is 1.30 bits per heavy atom. The number of hydrogen-bond donors (Lipinski definition) is 1. The topological polar surface area (TPSA) is 71.1 Å². The van der Waals surface area contributed by atoms with Crippen molar-refractivity contribution in [1.29, 1.82) is 0 Å². The van der Waals surface area contributed by atoms with Crippen LogP contribution in [0.4, 0.5) is 0 Å². The van der Waals surface area contributed by atoms with Gasteiger partial charge in [0.05, 0.1) is 25.7 Å². The Bertz CT molecular complexity index is 646. The van der Waals surface area contributed by atoms with Gasteiger partial charge in [0.25, 0.3) is 0 Å². The molecule has 1 atom stereocenters. The second-order valence-electron chi connectivity index (χ2n) is 6.99. The molecule has 148 valence electrons. The molecule has 7 nitrogen and oxygen atoms in total. The van der Waals surface area contributed by atoms with E-state index >= 15 is 0 Å². The molecule has 2 heterocycles. The molecule has 27 heavy (non-hydrogen) atoms. The summed E-state index contributed by atoms with van der Waals surface area (Å²) >= 11 is 0. The minimum absolute atomic E-state index is 0.0564. The van der Waals surface area contributed by atoms with Crippen LogP contribution < -0.4 is 10.1 Å². The zero-order chi connectivity index (χ0) is 19.1. The number of benzene rings is 1. The largest absolute Gasteiger partial charge is 0.494 e. The molecule has 0 spiro atoms. The number of hydrogen-bond acceptors (Lipinski definition) is 5. The molecule has 0 radical (unpaired) electrons. The molecule has 0 aromatic heterocycles. The van der Waals surface area contributed by atoms with Gasteiger partial charge in [0.2, 0.25) is 11.8 Å². The van der Waals surface area contributed by atoms with Crippen molar-refractivity contribution in [2.45, 2.75) is 19.9 Å². The van der Waals surface area contributed by atoms with E-state index in [4.69, 9.17) is 9.47 Å². The normalized spacial score (nSPS) is 20.7. The first-order chi connectivity index (χ1) is 13.2. The summed E-state index contributed by atoms with van der Waals surface area (Å²) in [5, 5.41) is 2.96. The summed E-state index contributed by atoms with van der Waals surface area (Å²) in [7, 11) is 0. The number of nitrogens with one attached hydrogen (secondary N) is 1. The van der Waals surface area contributed by atoms with Crippen molar-refractivity contribution < 1.29 is 19.1 Å². The van der Waals surface area contributed by atoms with Crippen LogP contribution in [-0.2, 0) is 20.9 Å². The highest BCUT2D eigenvalue weighted by molar-refractivity contribution is 5.89. The monoisotopic (exact) mass is 375 g/mol. The van der Waals surface area contributed by atoms with Crippen LogP contribution in [0, 0.1) is 5.92 Å². The van der Waals surface area contributed by atoms with E-state index < -0.39 is 0 Å². The molecule has 2 aliphatic heterocycles. The standard InChI is InChI=1S/C20H29N3O4/c1-2-27-18-5-3-4-16(12-18)14-21-20(25)17-13-19(24)23(15-17)7-6-22-8-10-26-11-9-22/h3-5,12,17H,2,6-11,13-15H2,1H3,(H,21,25). The van der Waals surface area contributed by atoms with Gasteiger partial charge in [-0.3, -0.25) is 14.5 Å². The van der Waals surface area contributed by atoms with Gasteiger partial charge in [0.15, 0.2) is 0 Å². The predicted molar refractivity (Wildman–Crippen MR) is 101 cm³/mol. The van der Waals surface area contributed by atoms with Crippen molar-refractivity contribution in [3.8, 4) is 5.75 Å². The van der Waals surface area contributed by atoms with Gasteiger partial charge in [-0.25, -0.2) is 0 Å². The molecule has 1 N–H and O–H groups in total. The highest BCUT2D eigenvalue weighted by Gasteiger charge is 2.34. The first-order valence-electron chi connectivity index (χ1n) is 9.73. The van der Waals surface area contributed by atoms with Crippen LogP contribution in [0.15, 0.2) is 24.3 Å². The molecule has 0 saturated carbocycles. The fraction of sp³-hybridized carbons (Fsp3) is 0.600. The van der Waals surface area contributed by atoms with E-state index in [1.54, 1.807) is 0 Å². The molecule has 2 fully saturated rings. The Labute approximate surface area is 160 Å². The minimum atomic E-state index is -0.266. The van der Waals surface area contributed by atoms with Crippen molar-refractivity contribution in [2.75, 3.05) is 52.5 Å². The second kappa shape index (κ2) is 9.71. The average molecular weight is 375 g/mol. The minimum Gasteiger partial charge on any atom is -0.494 e.